The van der Waals surface area contributed by atoms with Gasteiger partial charge in [-0.2, -0.15) is 0 Å². The second-order valence-corrected chi connectivity index (χ2v) is 7.28. The highest BCUT2D eigenvalue weighted by Gasteiger charge is 2.38. The van der Waals surface area contributed by atoms with E-state index in [1.807, 2.05) is 42.5 Å². The molecule has 1 aliphatic heterocycles. The first kappa shape index (κ1) is 18.4. The lowest BCUT2D eigenvalue weighted by atomic mass is 9.99. The molecule has 0 spiro atoms. The van der Waals surface area contributed by atoms with Crippen LogP contribution in [0.5, 0.6) is 5.75 Å². The van der Waals surface area contributed by atoms with E-state index in [0.717, 1.165) is 22.5 Å². The summed E-state index contributed by atoms with van der Waals surface area (Å²) in [7, 11) is 1.40. The number of nitrogens with one attached hydrogen (secondary N) is 1. The van der Waals surface area contributed by atoms with Gasteiger partial charge in [-0.05, 0) is 41.3 Å². The van der Waals surface area contributed by atoms with Crippen LogP contribution in [0.25, 0.3) is 10.9 Å². The van der Waals surface area contributed by atoms with Gasteiger partial charge in [0.05, 0.1) is 12.7 Å². The molecule has 1 amide bonds. The van der Waals surface area contributed by atoms with Crippen LogP contribution in [0.1, 0.15) is 33.2 Å². The third kappa shape index (κ3) is 2.76. The lowest BCUT2D eigenvalue weighted by molar-refractivity contribution is 0.0723. The van der Waals surface area contributed by atoms with Gasteiger partial charge in [0.1, 0.15) is 11.8 Å². The number of para-hydroxylation sites is 1. The van der Waals surface area contributed by atoms with E-state index in [9.17, 15) is 9.18 Å². The van der Waals surface area contributed by atoms with Crippen molar-refractivity contribution >= 4 is 16.8 Å². The molecule has 0 saturated carbocycles. The highest BCUT2D eigenvalue weighted by Crippen LogP contribution is 2.41. The van der Waals surface area contributed by atoms with Crippen LogP contribution in [0, 0.1) is 11.6 Å². The fraction of sp³-hybridized carbons (Fsp3) is 0.125. The molecule has 1 atom stereocenters. The van der Waals surface area contributed by atoms with Crippen LogP contribution < -0.4 is 4.74 Å². The monoisotopic (exact) mass is 404 g/mol. The van der Waals surface area contributed by atoms with Gasteiger partial charge in [0.15, 0.2) is 11.6 Å². The van der Waals surface area contributed by atoms with Crippen molar-refractivity contribution in [1.82, 2.24) is 9.88 Å². The molecule has 3 aromatic carbocycles. The normalized spacial score (nSPS) is 14.2. The van der Waals surface area contributed by atoms with Crippen LogP contribution in [0.3, 0.4) is 0 Å². The van der Waals surface area contributed by atoms with Gasteiger partial charge in [0.25, 0.3) is 5.91 Å². The number of halogens is 2. The number of hydrogen-bond acceptors (Lipinski definition) is 2. The molecule has 6 heteroatoms. The molecule has 1 N–H and O–H groups in total. The summed E-state index contributed by atoms with van der Waals surface area (Å²) in [5, 5.41) is 0.914. The summed E-state index contributed by atoms with van der Waals surface area (Å²) in [4.78, 5) is 18.1. The minimum atomic E-state index is -1.03. The van der Waals surface area contributed by atoms with E-state index < -0.39 is 17.7 Å². The zero-order valence-corrected chi connectivity index (χ0v) is 16.2. The predicted octanol–water partition coefficient (Wildman–Crippen LogP) is 5.20. The Morgan fingerprint density at radius 2 is 1.80 bits per heavy atom. The third-order valence-electron chi connectivity index (χ3n) is 5.59. The summed E-state index contributed by atoms with van der Waals surface area (Å²) in [5.41, 5.74) is 2.83. The van der Waals surface area contributed by atoms with E-state index in [1.165, 1.54) is 13.2 Å². The molecule has 30 heavy (non-hydrogen) atoms. The van der Waals surface area contributed by atoms with Gasteiger partial charge in [0, 0.05) is 23.3 Å². The van der Waals surface area contributed by atoms with Crippen LogP contribution >= 0.6 is 0 Å². The number of H-pyrrole nitrogens is 1. The van der Waals surface area contributed by atoms with Crippen molar-refractivity contribution < 1.29 is 18.3 Å². The van der Waals surface area contributed by atoms with Crippen LogP contribution in [-0.2, 0) is 6.54 Å². The smallest absolute Gasteiger partial charge is 0.255 e. The maximum absolute atomic E-state index is 15.1. The van der Waals surface area contributed by atoms with Crippen LogP contribution in [-0.4, -0.2) is 22.9 Å². The quantitative estimate of drug-likeness (QED) is 0.508. The molecule has 0 fully saturated rings. The van der Waals surface area contributed by atoms with Crippen LogP contribution in [0.2, 0.25) is 0 Å². The number of amides is 1. The van der Waals surface area contributed by atoms with Gasteiger partial charge in [-0.1, -0.05) is 36.4 Å². The number of hydrogen-bond donors (Lipinski definition) is 1. The lowest BCUT2D eigenvalue weighted by Crippen LogP contribution is -2.31. The minimum absolute atomic E-state index is 0.00906. The molecule has 1 aliphatic rings. The van der Waals surface area contributed by atoms with Crippen molar-refractivity contribution in [3.05, 3.63) is 101 Å². The Hall–Kier alpha value is -3.67. The molecule has 4 aromatic rings. The summed E-state index contributed by atoms with van der Waals surface area (Å²) < 4.78 is 34.8. The SMILES string of the molecule is COc1ccc(F)c(F)c1C(c1cc2ccccc2[nH]1)N1Cc2ccccc2C1=O. The number of carbonyl (C=O) groups is 1. The number of fused-ring (bicyclic) bond motifs is 2. The fourth-order valence-electron chi connectivity index (χ4n) is 4.19. The van der Waals surface area contributed by atoms with Crippen molar-refractivity contribution in [2.75, 3.05) is 7.11 Å². The number of nitrogens with zero attached hydrogens (tertiary/aromatic N) is 1. The average molecular weight is 404 g/mol. The number of aromatic nitrogens is 1. The molecular weight excluding hydrogens is 386 g/mol. The van der Waals surface area contributed by atoms with Gasteiger partial charge < -0.3 is 14.6 Å². The Balaban J connectivity index is 1.74. The largest absolute Gasteiger partial charge is 0.496 e. The Labute approximate surface area is 171 Å². The Morgan fingerprint density at radius 3 is 2.57 bits per heavy atom. The molecule has 2 heterocycles. The van der Waals surface area contributed by atoms with Gasteiger partial charge >= 0.3 is 0 Å². The van der Waals surface area contributed by atoms with Crippen LogP contribution in [0.4, 0.5) is 8.78 Å². The number of methoxy groups -OCH3 is 1. The molecule has 5 rings (SSSR count). The molecule has 0 aliphatic carbocycles. The molecule has 1 aromatic heterocycles. The van der Waals surface area contributed by atoms with Gasteiger partial charge in [-0.25, -0.2) is 8.78 Å². The van der Waals surface area contributed by atoms with Gasteiger partial charge in [-0.15, -0.1) is 0 Å². The summed E-state index contributed by atoms with van der Waals surface area (Å²) in [6, 6.07) is 18.3. The van der Waals surface area contributed by atoms with E-state index in [1.54, 1.807) is 17.0 Å². The third-order valence-corrected chi connectivity index (χ3v) is 5.59. The molecule has 4 nitrogen and oxygen atoms in total. The standard InChI is InChI=1S/C24H18F2N2O2/c1-30-20-11-10-17(25)22(26)21(20)23(19-12-14-6-3-5-9-18(14)27-19)28-13-15-7-2-4-8-16(15)24(28)29/h2-12,23,27H,13H2,1H3. The second-order valence-electron chi connectivity index (χ2n) is 7.28. The van der Waals surface area contributed by atoms with Crippen molar-refractivity contribution in [2.45, 2.75) is 12.6 Å². The summed E-state index contributed by atoms with van der Waals surface area (Å²) >= 11 is 0. The van der Waals surface area contributed by atoms with Gasteiger partial charge in [0.2, 0.25) is 0 Å². The number of carbonyl (C=O) groups excluding carboxylic acids is 1. The molecule has 0 radical (unpaired) electrons. The number of ether oxygens (including phenoxy) is 1. The highest BCUT2D eigenvalue weighted by atomic mass is 19.2. The topological polar surface area (TPSA) is 45.3 Å². The molecule has 0 saturated heterocycles. The van der Waals surface area contributed by atoms with Crippen LogP contribution in [0.15, 0.2) is 66.7 Å². The Bertz CT molecular complexity index is 1250. The zero-order valence-electron chi connectivity index (χ0n) is 16.2. The first-order chi connectivity index (χ1) is 14.6. The van der Waals surface area contributed by atoms with E-state index in [-0.39, 0.29) is 23.8 Å². The number of aromatic amines is 1. The maximum atomic E-state index is 15.1. The lowest BCUT2D eigenvalue weighted by Gasteiger charge is -2.29. The van der Waals surface area contributed by atoms with Crippen molar-refractivity contribution in [1.29, 1.82) is 0 Å². The molecule has 1 unspecified atom stereocenters. The van der Waals surface area contributed by atoms with E-state index in [4.69, 9.17) is 4.74 Å². The second kappa shape index (κ2) is 6.99. The fourth-order valence-corrected chi connectivity index (χ4v) is 4.19. The molecule has 150 valence electrons. The van der Waals surface area contributed by atoms with E-state index in [0.29, 0.717) is 11.3 Å². The molecular formula is C24H18F2N2O2. The summed E-state index contributed by atoms with van der Waals surface area (Å²) in [6.07, 6.45) is 0. The van der Waals surface area contributed by atoms with E-state index in [2.05, 4.69) is 4.98 Å². The Kier molecular flexibility index (Phi) is 4.28. The molecule has 0 bridgehead atoms. The maximum Gasteiger partial charge on any atom is 0.255 e. The van der Waals surface area contributed by atoms with Crippen molar-refractivity contribution in [3.63, 3.8) is 0 Å². The average Bonchev–Trinajstić information content (AvgIpc) is 3.33. The zero-order chi connectivity index (χ0) is 20.8. The summed E-state index contributed by atoms with van der Waals surface area (Å²) in [5.74, 6) is -2.07. The first-order valence-electron chi connectivity index (χ1n) is 9.57. The first-order valence-corrected chi connectivity index (χ1v) is 9.57. The summed E-state index contributed by atoms with van der Waals surface area (Å²) in [6.45, 7) is 0.286. The van der Waals surface area contributed by atoms with Crippen molar-refractivity contribution in [3.8, 4) is 5.75 Å². The highest BCUT2D eigenvalue weighted by molar-refractivity contribution is 5.99. The number of rotatable bonds is 4. The van der Waals surface area contributed by atoms with E-state index >= 15 is 4.39 Å². The number of benzene rings is 3. The van der Waals surface area contributed by atoms with Crippen molar-refractivity contribution in [2.24, 2.45) is 0 Å². The van der Waals surface area contributed by atoms with Gasteiger partial charge in [-0.3, -0.25) is 4.79 Å². The Morgan fingerprint density at radius 1 is 1.03 bits per heavy atom. The predicted molar refractivity (Wildman–Crippen MR) is 109 cm³/mol. The minimum Gasteiger partial charge on any atom is -0.496 e.